The number of sulfone groups is 2. The van der Waals surface area contributed by atoms with Gasteiger partial charge in [-0.25, -0.2) is 16.8 Å². The van der Waals surface area contributed by atoms with Crippen molar-refractivity contribution >= 4 is 26.0 Å². The number of rotatable bonds is 6. The first kappa shape index (κ1) is 19.0. The summed E-state index contributed by atoms with van der Waals surface area (Å²) in [6.45, 7) is 0. The number of carbonyl (C=O) groups is 1. The first-order valence-electron chi connectivity index (χ1n) is 7.99. The van der Waals surface area contributed by atoms with Crippen molar-refractivity contribution in [2.24, 2.45) is 0 Å². The number of benzene rings is 3. The van der Waals surface area contributed by atoms with Gasteiger partial charge in [0.05, 0.1) is 9.79 Å². The van der Waals surface area contributed by atoms with E-state index in [-0.39, 0.29) is 21.6 Å². The van der Waals surface area contributed by atoms with Crippen molar-refractivity contribution in [1.82, 2.24) is 0 Å². The van der Waals surface area contributed by atoms with Crippen LogP contribution < -0.4 is 0 Å². The summed E-state index contributed by atoms with van der Waals surface area (Å²) >= 11 is 0. The Morgan fingerprint density at radius 2 is 0.889 bits per heavy atom. The Labute approximate surface area is 158 Å². The van der Waals surface area contributed by atoms with Gasteiger partial charge in [-0.3, -0.25) is 0 Å². The van der Waals surface area contributed by atoms with Crippen LogP contribution in [-0.4, -0.2) is 23.1 Å². The van der Waals surface area contributed by atoms with Gasteiger partial charge in [0, 0.05) is 0 Å². The highest BCUT2D eigenvalue weighted by atomic mass is 32.3. The van der Waals surface area contributed by atoms with Gasteiger partial charge < -0.3 is 4.79 Å². The number of aldehydes is 1. The molecule has 3 aromatic rings. The second kappa shape index (κ2) is 7.09. The minimum absolute atomic E-state index is 0.00694. The van der Waals surface area contributed by atoms with Gasteiger partial charge in [-0.1, -0.05) is 66.7 Å². The first-order valence-corrected chi connectivity index (χ1v) is 11.0. The molecule has 0 heterocycles. The van der Waals surface area contributed by atoms with Crippen molar-refractivity contribution < 1.29 is 21.6 Å². The summed E-state index contributed by atoms with van der Waals surface area (Å²) in [6, 6.07) is 21.5. The summed E-state index contributed by atoms with van der Waals surface area (Å²) in [5, 5.41) is 0. The summed E-state index contributed by atoms with van der Waals surface area (Å²) in [4.78, 5) is 11.8. The predicted octanol–water partition coefficient (Wildman–Crippen LogP) is 2.99. The van der Waals surface area contributed by atoms with Crippen LogP contribution >= 0.6 is 0 Å². The molecule has 0 saturated heterocycles. The fourth-order valence-corrected chi connectivity index (χ4v) is 7.48. The molecule has 0 amide bonds. The molecule has 138 valence electrons. The fraction of sp³-hybridized carbons (Fsp3) is 0.0500. The zero-order valence-electron chi connectivity index (χ0n) is 14.1. The predicted molar refractivity (Wildman–Crippen MR) is 101 cm³/mol. The van der Waals surface area contributed by atoms with E-state index in [4.69, 9.17) is 0 Å². The Morgan fingerprint density at radius 1 is 0.556 bits per heavy atom. The lowest BCUT2D eigenvalue weighted by Gasteiger charge is -2.28. The van der Waals surface area contributed by atoms with Crippen molar-refractivity contribution in [2.75, 3.05) is 0 Å². The summed E-state index contributed by atoms with van der Waals surface area (Å²) in [5.74, 6) is 0. The van der Waals surface area contributed by atoms with Crippen LogP contribution in [0.15, 0.2) is 101 Å². The standard InChI is InChI=1S/C20H16O5S2/c21-16-20(17-10-4-1-5-11-17,26(22,23)18-12-6-2-7-13-18)27(24,25)19-14-8-3-9-15-19/h1-16H. The largest absolute Gasteiger partial charge is 0.300 e. The minimum Gasteiger partial charge on any atom is -0.300 e. The van der Waals surface area contributed by atoms with Crippen LogP contribution in [0, 0.1) is 0 Å². The normalized spacial score (nSPS) is 12.4. The van der Waals surface area contributed by atoms with E-state index < -0.39 is 23.8 Å². The van der Waals surface area contributed by atoms with E-state index in [1.54, 1.807) is 18.2 Å². The average molecular weight is 400 g/mol. The Bertz CT molecular complexity index is 1070. The lowest BCUT2D eigenvalue weighted by atomic mass is 10.1. The Kier molecular flexibility index (Phi) is 4.99. The van der Waals surface area contributed by atoms with Crippen molar-refractivity contribution in [3.8, 4) is 0 Å². The molecular formula is C20H16O5S2. The molecule has 0 saturated carbocycles. The fourth-order valence-electron chi connectivity index (χ4n) is 2.87. The van der Waals surface area contributed by atoms with Gasteiger partial charge in [0.2, 0.25) is 19.7 Å². The number of hydrogen-bond acceptors (Lipinski definition) is 5. The van der Waals surface area contributed by atoms with Crippen molar-refractivity contribution in [3.05, 3.63) is 96.6 Å². The lowest BCUT2D eigenvalue weighted by molar-refractivity contribution is -0.108. The molecule has 3 aromatic carbocycles. The highest BCUT2D eigenvalue weighted by Gasteiger charge is 2.58. The van der Waals surface area contributed by atoms with Gasteiger partial charge in [0.1, 0.15) is 0 Å². The summed E-state index contributed by atoms with van der Waals surface area (Å²) < 4.78 is 51.2. The molecule has 0 unspecified atom stereocenters. The molecule has 3 rings (SSSR count). The quantitative estimate of drug-likeness (QED) is 0.594. The molecule has 27 heavy (non-hydrogen) atoms. The molecule has 0 atom stereocenters. The Balaban J connectivity index is 2.44. The van der Waals surface area contributed by atoms with Gasteiger partial charge in [-0.2, -0.15) is 0 Å². The van der Waals surface area contributed by atoms with E-state index in [0.717, 1.165) is 0 Å². The third-order valence-corrected chi connectivity index (χ3v) is 9.60. The topological polar surface area (TPSA) is 85.3 Å². The molecule has 0 spiro atoms. The van der Waals surface area contributed by atoms with E-state index in [9.17, 15) is 21.6 Å². The molecule has 7 heteroatoms. The number of carbonyl (C=O) groups excluding carboxylic acids is 1. The van der Waals surface area contributed by atoms with Crippen LogP contribution in [0.2, 0.25) is 0 Å². The van der Waals surface area contributed by atoms with E-state index in [2.05, 4.69) is 0 Å². The van der Waals surface area contributed by atoms with Crippen molar-refractivity contribution in [2.45, 2.75) is 13.9 Å². The van der Waals surface area contributed by atoms with Gasteiger partial charge >= 0.3 is 0 Å². The van der Waals surface area contributed by atoms with Gasteiger partial charge in [0.15, 0.2) is 6.29 Å². The average Bonchev–Trinajstić information content (AvgIpc) is 2.71. The molecule has 0 radical (unpaired) electrons. The van der Waals surface area contributed by atoms with Gasteiger partial charge in [-0.05, 0) is 29.8 Å². The molecule has 0 aliphatic rings. The molecule has 0 N–H and O–H groups in total. The van der Waals surface area contributed by atoms with Crippen molar-refractivity contribution in [3.63, 3.8) is 0 Å². The molecule has 0 aliphatic carbocycles. The highest BCUT2D eigenvalue weighted by molar-refractivity contribution is 8.10. The smallest absolute Gasteiger partial charge is 0.261 e. The summed E-state index contributed by atoms with van der Waals surface area (Å²) in [6.07, 6.45) is 0.00694. The van der Waals surface area contributed by atoms with Crippen LogP contribution in [0.1, 0.15) is 5.56 Å². The van der Waals surface area contributed by atoms with Crippen molar-refractivity contribution in [1.29, 1.82) is 0 Å². The first-order chi connectivity index (χ1) is 12.9. The second-order valence-corrected chi connectivity index (χ2v) is 10.3. The lowest BCUT2D eigenvalue weighted by Crippen LogP contribution is -2.45. The summed E-state index contributed by atoms with van der Waals surface area (Å²) in [7, 11) is -9.26. The van der Waals surface area contributed by atoms with E-state index in [0.29, 0.717) is 0 Å². The second-order valence-electron chi connectivity index (χ2n) is 5.78. The van der Waals surface area contributed by atoms with E-state index in [1.807, 2.05) is 0 Å². The number of hydrogen-bond donors (Lipinski definition) is 0. The van der Waals surface area contributed by atoms with Crippen LogP contribution in [-0.2, 0) is 28.5 Å². The van der Waals surface area contributed by atoms with E-state index >= 15 is 0 Å². The third kappa shape index (κ3) is 2.89. The monoisotopic (exact) mass is 400 g/mol. The summed E-state index contributed by atoms with van der Waals surface area (Å²) in [5.41, 5.74) is -0.132. The Hall–Kier alpha value is -2.77. The Morgan fingerprint density at radius 3 is 1.22 bits per heavy atom. The van der Waals surface area contributed by atoms with E-state index in [1.165, 1.54) is 72.8 Å². The molecule has 0 fully saturated rings. The van der Waals surface area contributed by atoms with Crippen LogP contribution in [0.25, 0.3) is 0 Å². The molecule has 0 bridgehead atoms. The molecule has 0 aliphatic heterocycles. The minimum atomic E-state index is -4.63. The molecule has 5 nitrogen and oxygen atoms in total. The maximum atomic E-state index is 13.5. The zero-order chi connectivity index (χ0) is 19.5. The highest BCUT2D eigenvalue weighted by Crippen LogP contribution is 2.42. The SMILES string of the molecule is O=CC(c1ccccc1)(S(=O)(=O)c1ccccc1)S(=O)(=O)c1ccccc1. The van der Waals surface area contributed by atoms with Crippen LogP contribution in [0.4, 0.5) is 0 Å². The van der Waals surface area contributed by atoms with Gasteiger partial charge in [-0.15, -0.1) is 0 Å². The molecule has 0 aromatic heterocycles. The van der Waals surface area contributed by atoms with Crippen LogP contribution in [0.3, 0.4) is 0 Å². The molecular weight excluding hydrogens is 384 g/mol. The van der Waals surface area contributed by atoms with Gasteiger partial charge in [0.25, 0.3) is 4.08 Å². The maximum Gasteiger partial charge on any atom is 0.261 e. The van der Waals surface area contributed by atoms with Crippen LogP contribution in [0.5, 0.6) is 0 Å². The zero-order valence-corrected chi connectivity index (χ0v) is 15.7. The maximum absolute atomic E-state index is 13.5. The third-order valence-electron chi connectivity index (χ3n) is 4.24.